The summed E-state index contributed by atoms with van der Waals surface area (Å²) in [6.07, 6.45) is 0.804. The van der Waals surface area contributed by atoms with Gasteiger partial charge in [0, 0.05) is 23.3 Å². The minimum Gasteiger partial charge on any atom is -0.376 e. The summed E-state index contributed by atoms with van der Waals surface area (Å²) in [4.78, 5) is 34.9. The van der Waals surface area contributed by atoms with Crippen molar-refractivity contribution in [2.75, 3.05) is 23.7 Å². The Morgan fingerprint density at radius 2 is 1.58 bits per heavy atom. The fourth-order valence-corrected chi connectivity index (χ4v) is 1.63. The largest absolute Gasteiger partial charge is 0.376 e. The topological polar surface area (TPSA) is 99.3 Å². The van der Waals surface area contributed by atoms with Gasteiger partial charge >= 0.3 is 6.03 Å². The van der Waals surface area contributed by atoms with Crippen LogP contribution in [-0.4, -0.2) is 30.9 Å². The van der Waals surface area contributed by atoms with Gasteiger partial charge in [0.05, 0.1) is 6.54 Å². The maximum Gasteiger partial charge on any atom is 0.321 e. The average molecular weight is 334 g/mol. The maximum absolute atomic E-state index is 11.9. The van der Waals surface area contributed by atoms with E-state index < -0.39 is 17.4 Å². The fraction of sp³-hybridized carbons (Fsp3) is 0.471. The predicted molar refractivity (Wildman–Crippen MR) is 94.8 cm³/mol. The van der Waals surface area contributed by atoms with Crippen molar-refractivity contribution in [3.63, 3.8) is 0 Å². The number of nitrogens with one attached hydrogen (secondary N) is 4. The lowest BCUT2D eigenvalue weighted by molar-refractivity contribution is -0.123. The quantitative estimate of drug-likeness (QED) is 0.641. The highest BCUT2D eigenvalue weighted by Crippen LogP contribution is 2.18. The molecular weight excluding hydrogens is 308 g/mol. The molecule has 0 fully saturated rings. The Morgan fingerprint density at radius 3 is 2.12 bits per heavy atom. The molecule has 0 bridgehead atoms. The van der Waals surface area contributed by atoms with Crippen LogP contribution in [0.1, 0.15) is 34.1 Å². The zero-order valence-corrected chi connectivity index (χ0v) is 14.7. The molecule has 0 heterocycles. The molecule has 0 saturated carbocycles. The lowest BCUT2D eigenvalue weighted by atomic mass is 9.95. The summed E-state index contributed by atoms with van der Waals surface area (Å²) in [6, 6.07) is 6.50. The summed E-state index contributed by atoms with van der Waals surface area (Å²) in [7, 11) is 0. The monoisotopic (exact) mass is 334 g/mol. The molecule has 1 aromatic carbocycles. The number of imide groups is 1. The smallest absolute Gasteiger partial charge is 0.321 e. The van der Waals surface area contributed by atoms with Crippen LogP contribution in [0.2, 0.25) is 0 Å². The summed E-state index contributed by atoms with van der Waals surface area (Å²) in [5, 5.41) is 10.5. The lowest BCUT2D eigenvalue weighted by Crippen LogP contribution is -2.42. The van der Waals surface area contributed by atoms with Crippen LogP contribution in [0.15, 0.2) is 24.3 Å². The first-order chi connectivity index (χ1) is 11.2. The molecule has 0 radical (unpaired) electrons. The van der Waals surface area contributed by atoms with E-state index in [0.29, 0.717) is 17.9 Å². The van der Waals surface area contributed by atoms with Crippen LogP contribution in [0.4, 0.5) is 16.2 Å². The van der Waals surface area contributed by atoms with Crippen LogP contribution in [0, 0.1) is 5.41 Å². The van der Waals surface area contributed by atoms with Crippen LogP contribution in [0.25, 0.3) is 0 Å². The van der Waals surface area contributed by atoms with Gasteiger partial charge in [0.2, 0.25) is 11.8 Å². The summed E-state index contributed by atoms with van der Waals surface area (Å²) in [5.41, 5.74) is 0.935. The van der Waals surface area contributed by atoms with E-state index in [1.165, 1.54) is 0 Å². The Kier molecular flexibility index (Phi) is 7.23. The summed E-state index contributed by atoms with van der Waals surface area (Å²) in [5.74, 6) is -0.491. The van der Waals surface area contributed by atoms with Crippen molar-refractivity contribution in [1.82, 2.24) is 10.6 Å². The van der Waals surface area contributed by atoms with Crippen molar-refractivity contribution in [3.05, 3.63) is 24.3 Å². The van der Waals surface area contributed by atoms with E-state index in [2.05, 4.69) is 21.3 Å². The molecule has 7 nitrogen and oxygen atoms in total. The SMILES string of the molecule is CCCNC(=O)NC(=O)CNc1ccc(NC(=O)C(C)(C)C)cc1. The van der Waals surface area contributed by atoms with Gasteiger partial charge in [-0.2, -0.15) is 0 Å². The second-order valence-corrected chi connectivity index (χ2v) is 6.44. The number of carbonyl (C=O) groups excluding carboxylic acids is 3. The van der Waals surface area contributed by atoms with Crippen molar-refractivity contribution < 1.29 is 14.4 Å². The molecule has 4 N–H and O–H groups in total. The van der Waals surface area contributed by atoms with Crippen LogP contribution in [0.3, 0.4) is 0 Å². The van der Waals surface area contributed by atoms with Crippen molar-refractivity contribution >= 4 is 29.2 Å². The molecule has 0 aliphatic rings. The molecule has 24 heavy (non-hydrogen) atoms. The third-order valence-electron chi connectivity index (χ3n) is 3.07. The number of amides is 4. The van der Waals surface area contributed by atoms with Crippen molar-refractivity contribution in [2.24, 2.45) is 5.41 Å². The number of hydrogen-bond donors (Lipinski definition) is 4. The van der Waals surface area contributed by atoms with E-state index in [0.717, 1.165) is 6.42 Å². The molecule has 0 spiro atoms. The Hall–Kier alpha value is -2.57. The normalized spacial score (nSPS) is 10.7. The number of hydrogen-bond acceptors (Lipinski definition) is 4. The van der Waals surface area contributed by atoms with E-state index >= 15 is 0 Å². The van der Waals surface area contributed by atoms with Crippen molar-refractivity contribution in [1.29, 1.82) is 0 Å². The van der Waals surface area contributed by atoms with Gasteiger partial charge < -0.3 is 16.0 Å². The zero-order chi connectivity index (χ0) is 18.2. The molecule has 1 rings (SSSR count). The van der Waals surface area contributed by atoms with Crippen molar-refractivity contribution in [2.45, 2.75) is 34.1 Å². The van der Waals surface area contributed by atoms with Gasteiger partial charge in [0.1, 0.15) is 0 Å². The van der Waals surface area contributed by atoms with Crippen LogP contribution < -0.4 is 21.3 Å². The molecule has 7 heteroatoms. The maximum atomic E-state index is 11.9. The van der Waals surface area contributed by atoms with Gasteiger partial charge in [0.15, 0.2) is 0 Å². The molecule has 0 aromatic heterocycles. The highest BCUT2D eigenvalue weighted by Gasteiger charge is 2.20. The van der Waals surface area contributed by atoms with Crippen molar-refractivity contribution in [3.8, 4) is 0 Å². The average Bonchev–Trinajstić information content (AvgIpc) is 2.51. The summed E-state index contributed by atoms with van der Waals surface area (Å²) >= 11 is 0. The first kappa shape index (κ1) is 19.5. The molecule has 0 aliphatic carbocycles. The first-order valence-corrected chi connectivity index (χ1v) is 7.95. The Balaban J connectivity index is 2.43. The van der Waals surface area contributed by atoms with Crippen LogP contribution in [0.5, 0.6) is 0 Å². The van der Waals surface area contributed by atoms with Gasteiger partial charge in [-0.3, -0.25) is 14.9 Å². The Morgan fingerprint density at radius 1 is 1.00 bits per heavy atom. The molecule has 1 aromatic rings. The Labute approximate surface area is 142 Å². The van der Waals surface area contributed by atoms with E-state index in [4.69, 9.17) is 0 Å². The third-order valence-corrected chi connectivity index (χ3v) is 3.07. The van der Waals surface area contributed by atoms with E-state index in [1.807, 2.05) is 27.7 Å². The molecule has 0 unspecified atom stereocenters. The molecule has 0 atom stereocenters. The Bertz CT molecular complexity index is 576. The highest BCUT2D eigenvalue weighted by molar-refractivity contribution is 5.96. The van der Waals surface area contributed by atoms with E-state index in [9.17, 15) is 14.4 Å². The molecular formula is C17H26N4O3. The molecule has 0 saturated heterocycles. The van der Waals surface area contributed by atoms with Gasteiger partial charge in [0.25, 0.3) is 0 Å². The van der Waals surface area contributed by atoms with E-state index in [-0.39, 0.29) is 12.5 Å². The summed E-state index contributed by atoms with van der Waals surface area (Å²) in [6.45, 7) is 7.95. The van der Waals surface area contributed by atoms with Gasteiger partial charge in [-0.1, -0.05) is 27.7 Å². The highest BCUT2D eigenvalue weighted by atomic mass is 16.2. The number of rotatable bonds is 6. The van der Waals surface area contributed by atoms with E-state index in [1.54, 1.807) is 24.3 Å². The number of benzene rings is 1. The number of urea groups is 1. The minimum atomic E-state index is -0.496. The number of anilines is 2. The molecule has 4 amide bonds. The lowest BCUT2D eigenvalue weighted by Gasteiger charge is -2.17. The second kappa shape index (κ2) is 8.90. The van der Waals surface area contributed by atoms with Gasteiger partial charge in [-0.15, -0.1) is 0 Å². The van der Waals surface area contributed by atoms with Gasteiger partial charge in [-0.25, -0.2) is 4.79 Å². The van der Waals surface area contributed by atoms with Crippen LogP contribution >= 0.6 is 0 Å². The predicted octanol–water partition coefficient (Wildman–Crippen LogP) is 2.32. The second-order valence-electron chi connectivity index (χ2n) is 6.44. The summed E-state index contributed by atoms with van der Waals surface area (Å²) < 4.78 is 0. The third kappa shape index (κ3) is 7.13. The first-order valence-electron chi connectivity index (χ1n) is 7.95. The minimum absolute atomic E-state index is 0.0206. The molecule has 132 valence electrons. The standard InChI is InChI=1S/C17H26N4O3/c1-5-10-18-16(24)21-14(22)11-19-12-6-8-13(9-7-12)20-15(23)17(2,3)4/h6-9,19H,5,10-11H2,1-4H3,(H,20,23)(H2,18,21,22,24). The zero-order valence-electron chi connectivity index (χ0n) is 14.7. The van der Waals surface area contributed by atoms with Crippen LogP contribution in [-0.2, 0) is 9.59 Å². The number of carbonyl (C=O) groups is 3. The fourth-order valence-electron chi connectivity index (χ4n) is 1.63. The molecule has 0 aliphatic heterocycles. The van der Waals surface area contributed by atoms with Gasteiger partial charge in [-0.05, 0) is 30.7 Å².